The Hall–Kier alpha value is -2.66. The van der Waals surface area contributed by atoms with Crippen LogP contribution in [0.4, 0.5) is 15.0 Å². The van der Waals surface area contributed by atoms with Crippen LogP contribution >= 0.6 is 23.2 Å². The number of aromatic nitrogens is 1. The second-order valence-electron chi connectivity index (χ2n) is 9.46. The van der Waals surface area contributed by atoms with Crippen LogP contribution in [0.25, 0.3) is 0 Å². The van der Waals surface area contributed by atoms with Crippen LogP contribution < -0.4 is 21.5 Å². The van der Waals surface area contributed by atoms with E-state index in [-0.39, 0.29) is 14.2 Å². The monoisotopic (exact) mass is 555 g/mol. The third-order valence-electron chi connectivity index (χ3n) is 7.12. The van der Waals surface area contributed by atoms with Crippen LogP contribution in [0, 0.1) is 5.82 Å². The number of nitrogens with two attached hydrogens (primary N) is 1. The lowest BCUT2D eigenvalue weighted by molar-refractivity contribution is 0.0607. The number of halogens is 3. The highest BCUT2D eigenvalue weighted by Crippen LogP contribution is 2.30. The van der Waals surface area contributed by atoms with E-state index in [1.54, 1.807) is 12.1 Å². The zero-order chi connectivity index (χ0) is 26.5. The molecule has 0 radical (unpaired) electrons. The number of carbonyl (C=O) groups excluding carboxylic acids is 2. The van der Waals surface area contributed by atoms with Crippen LogP contribution in [-0.2, 0) is 6.54 Å². The fraction of sp³-hybridized carbons (Fsp3) is 0.480. The number of anilines is 1. The summed E-state index contributed by atoms with van der Waals surface area (Å²) in [6.45, 7) is 7.07. The van der Waals surface area contributed by atoms with Gasteiger partial charge in [0.1, 0.15) is 11.6 Å². The summed E-state index contributed by atoms with van der Waals surface area (Å²) in [7, 11) is 0. The second kappa shape index (κ2) is 12.3. The Kier molecular flexibility index (Phi) is 9.07. The molecule has 0 bridgehead atoms. The van der Waals surface area contributed by atoms with Crippen molar-refractivity contribution < 1.29 is 16.8 Å². The first kappa shape index (κ1) is 27.4. The minimum atomic E-state index is -0.867. The van der Waals surface area contributed by atoms with Gasteiger partial charge in [0.25, 0.3) is 5.91 Å². The normalized spacial score (nSPS) is 19.6. The topological polar surface area (TPSA) is 107 Å². The molecule has 3 heterocycles. The van der Waals surface area contributed by atoms with E-state index in [1.807, 2.05) is 5.43 Å². The predicted molar refractivity (Wildman–Crippen MR) is 146 cm³/mol. The maximum absolute atomic E-state index is 14.2. The molecule has 0 saturated carbocycles. The Morgan fingerprint density at radius 2 is 1.92 bits per heavy atom. The van der Waals surface area contributed by atoms with E-state index in [0.717, 1.165) is 52.0 Å². The number of hydrazine groups is 1. The quantitative estimate of drug-likeness (QED) is 0.466. The summed E-state index contributed by atoms with van der Waals surface area (Å²) in [6, 6.07) is 6.38. The molecule has 9 nitrogen and oxygen atoms in total. The average Bonchev–Trinajstić information content (AvgIpc) is 2.89. The fourth-order valence-corrected chi connectivity index (χ4v) is 5.63. The number of likely N-dealkylation sites (tertiary alicyclic amines) is 1. The van der Waals surface area contributed by atoms with Gasteiger partial charge in [0.2, 0.25) is 0 Å². The first-order valence-corrected chi connectivity index (χ1v) is 13.2. The Balaban J connectivity index is 0.00000267. The van der Waals surface area contributed by atoms with Crippen molar-refractivity contribution in [1.82, 2.24) is 25.6 Å². The van der Waals surface area contributed by atoms with Crippen LogP contribution in [0.2, 0.25) is 10.0 Å². The Morgan fingerprint density at radius 1 is 1.16 bits per heavy atom. The van der Waals surface area contributed by atoms with Gasteiger partial charge in [0, 0.05) is 57.9 Å². The van der Waals surface area contributed by atoms with Crippen LogP contribution in [0.1, 0.15) is 45.0 Å². The number of hydrogen-bond donors (Lipinski definition) is 3. The second-order valence-corrected chi connectivity index (χ2v) is 10.3. The number of nitrogens with one attached hydrogen (secondary N) is 2. The van der Waals surface area contributed by atoms with E-state index in [9.17, 15) is 14.0 Å². The number of benzene rings is 1. The van der Waals surface area contributed by atoms with E-state index < -0.39 is 11.9 Å². The Labute approximate surface area is 229 Å². The van der Waals surface area contributed by atoms with Crippen molar-refractivity contribution in [2.24, 2.45) is 5.73 Å². The van der Waals surface area contributed by atoms with Gasteiger partial charge in [-0.2, -0.15) is 0 Å². The van der Waals surface area contributed by atoms with Crippen molar-refractivity contribution in [1.29, 1.82) is 0 Å². The molecular weight excluding hydrogens is 520 g/mol. The maximum atomic E-state index is 14.2. The van der Waals surface area contributed by atoms with Crippen LogP contribution in [-0.4, -0.2) is 71.5 Å². The van der Waals surface area contributed by atoms with Gasteiger partial charge < -0.3 is 10.6 Å². The SMILES string of the molecule is CC[C@H]1CN(c2ncc(C(=O)NNC(N)=O)cc2Cl)CCN1C1CCN(Cc2ccc(Cl)cc2F)CC1.[HH].[HH]. The van der Waals surface area contributed by atoms with Crippen molar-refractivity contribution in [3.05, 3.63) is 57.5 Å². The van der Waals surface area contributed by atoms with Crippen LogP contribution in [0.5, 0.6) is 0 Å². The van der Waals surface area contributed by atoms with Crippen molar-refractivity contribution in [2.45, 2.75) is 44.8 Å². The minimum absolute atomic E-state index is 0. The van der Waals surface area contributed by atoms with Gasteiger partial charge in [-0.1, -0.05) is 36.2 Å². The number of urea groups is 1. The number of amides is 3. The van der Waals surface area contributed by atoms with Gasteiger partial charge in [-0.15, -0.1) is 0 Å². The first-order chi connectivity index (χ1) is 17.7. The van der Waals surface area contributed by atoms with E-state index >= 15 is 0 Å². The molecule has 1 aromatic carbocycles. The summed E-state index contributed by atoms with van der Waals surface area (Å²) in [5.41, 5.74) is 10.1. The predicted octanol–water partition coefficient (Wildman–Crippen LogP) is 3.90. The number of carbonyl (C=O) groups is 2. The Morgan fingerprint density at radius 3 is 2.57 bits per heavy atom. The molecule has 4 rings (SSSR count). The molecule has 12 heteroatoms. The highest BCUT2D eigenvalue weighted by atomic mass is 35.5. The molecule has 1 atom stereocenters. The molecule has 4 N–H and O–H groups in total. The summed E-state index contributed by atoms with van der Waals surface area (Å²) in [4.78, 5) is 34.4. The maximum Gasteiger partial charge on any atom is 0.330 e. The van der Waals surface area contributed by atoms with Crippen LogP contribution in [0.15, 0.2) is 30.5 Å². The molecule has 2 saturated heterocycles. The Bertz CT molecular complexity index is 1140. The van der Waals surface area contributed by atoms with E-state index in [4.69, 9.17) is 28.9 Å². The zero-order valence-corrected chi connectivity index (χ0v) is 22.2. The summed E-state index contributed by atoms with van der Waals surface area (Å²) >= 11 is 12.4. The van der Waals surface area contributed by atoms with Gasteiger partial charge in [0.15, 0.2) is 0 Å². The highest BCUT2D eigenvalue weighted by Gasteiger charge is 2.34. The zero-order valence-electron chi connectivity index (χ0n) is 20.7. The van der Waals surface area contributed by atoms with Gasteiger partial charge in [-0.05, 0) is 50.6 Å². The molecule has 2 aliphatic rings. The highest BCUT2D eigenvalue weighted by molar-refractivity contribution is 6.33. The lowest BCUT2D eigenvalue weighted by Gasteiger charge is -2.47. The van der Waals surface area contributed by atoms with Gasteiger partial charge >= 0.3 is 6.03 Å². The standard InChI is InChI=1S/C25H32Cl2FN7O2.2H2/c1-2-19-15-34(23-21(27)11-17(13-30-23)24(36)31-32-25(29)37)9-10-35(19)20-5-7-33(8-6-20)14-16-3-4-18(26)12-22(16)28;;/h3-4,11-13,19-20H,2,5-10,14-15H2,1H3,(H,31,36)(H3,29,32,37);2*1H/t19-;;/m0../s1. The molecule has 37 heavy (non-hydrogen) atoms. The summed E-state index contributed by atoms with van der Waals surface area (Å²) in [6.07, 6.45) is 4.50. The number of primary amides is 1. The third kappa shape index (κ3) is 6.81. The average molecular weight is 557 g/mol. The van der Waals surface area contributed by atoms with Crippen LogP contribution in [0.3, 0.4) is 0 Å². The summed E-state index contributed by atoms with van der Waals surface area (Å²) < 4.78 is 14.2. The van der Waals surface area contributed by atoms with E-state index in [1.165, 1.54) is 18.3 Å². The number of hydrogen-bond acceptors (Lipinski definition) is 6. The molecule has 0 aliphatic carbocycles. The molecule has 0 unspecified atom stereocenters. The van der Waals surface area contributed by atoms with Crippen molar-refractivity contribution in [2.75, 3.05) is 37.6 Å². The fourth-order valence-electron chi connectivity index (χ4n) is 5.18. The molecule has 1 aromatic heterocycles. The lowest BCUT2D eigenvalue weighted by Crippen LogP contribution is -2.58. The first-order valence-electron chi connectivity index (χ1n) is 12.4. The molecule has 2 aromatic rings. The third-order valence-corrected chi connectivity index (χ3v) is 7.63. The molecule has 2 aliphatic heterocycles. The summed E-state index contributed by atoms with van der Waals surface area (Å²) in [5.74, 6) is -0.166. The molecule has 204 valence electrons. The molecule has 3 amide bonds. The summed E-state index contributed by atoms with van der Waals surface area (Å²) in [5, 5.41) is 0.790. The molecular formula is C25H36Cl2FN7O2. The number of nitrogens with zero attached hydrogens (tertiary/aromatic N) is 4. The lowest BCUT2D eigenvalue weighted by atomic mass is 9.97. The van der Waals surface area contributed by atoms with Gasteiger partial charge in [-0.25, -0.2) is 19.6 Å². The number of piperazine rings is 1. The number of rotatable bonds is 6. The molecule has 0 spiro atoms. The largest absolute Gasteiger partial charge is 0.353 e. The van der Waals surface area contributed by atoms with E-state index in [2.05, 4.69) is 32.0 Å². The van der Waals surface area contributed by atoms with Crippen molar-refractivity contribution in [3.8, 4) is 0 Å². The van der Waals surface area contributed by atoms with Crippen molar-refractivity contribution in [3.63, 3.8) is 0 Å². The van der Waals surface area contributed by atoms with Gasteiger partial charge in [-0.3, -0.25) is 20.0 Å². The number of piperidine rings is 1. The smallest absolute Gasteiger partial charge is 0.330 e. The minimum Gasteiger partial charge on any atom is -0.353 e. The molecule has 2 fully saturated rings. The van der Waals surface area contributed by atoms with E-state index in [0.29, 0.717) is 40.1 Å². The van der Waals surface area contributed by atoms with Crippen molar-refractivity contribution >= 4 is 41.0 Å². The van der Waals surface area contributed by atoms with Gasteiger partial charge in [0.05, 0.1) is 10.6 Å². The number of pyridine rings is 1.